The lowest BCUT2D eigenvalue weighted by Gasteiger charge is -2.36. The Morgan fingerprint density at radius 1 is 1.14 bits per heavy atom. The normalized spacial score (nSPS) is 17.4. The number of rotatable bonds is 6. The molecule has 4 rings (SSSR count). The van der Waals surface area contributed by atoms with Gasteiger partial charge < -0.3 is 15.0 Å². The highest BCUT2D eigenvalue weighted by atomic mass is 16.5. The van der Waals surface area contributed by atoms with E-state index in [1.165, 1.54) is 12.1 Å². The molecule has 2 aliphatic rings. The average Bonchev–Trinajstić information content (AvgIpc) is 3.18. The molecule has 0 bridgehead atoms. The first-order valence-corrected chi connectivity index (χ1v) is 10.2. The Morgan fingerprint density at radius 3 is 2.64 bits per heavy atom. The average molecular weight is 383 g/mol. The highest BCUT2D eigenvalue weighted by Crippen LogP contribution is 2.24. The van der Waals surface area contributed by atoms with Crippen LogP contribution in [0.3, 0.4) is 0 Å². The molecule has 2 aromatic rings. The number of H-pyrrole nitrogens is 1. The minimum absolute atomic E-state index is 0.126. The highest BCUT2D eigenvalue weighted by molar-refractivity contribution is 6.04. The van der Waals surface area contributed by atoms with Gasteiger partial charge in [-0.15, -0.1) is 0 Å². The molecule has 0 atom stereocenters. The Hall–Kier alpha value is -2.38. The maximum Gasteiger partial charge on any atom is 0.276 e. The van der Waals surface area contributed by atoms with Crippen LogP contribution in [0.1, 0.15) is 34.6 Å². The molecule has 0 saturated carbocycles. The lowest BCUT2D eigenvalue weighted by atomic mass is 9.96. The molecule has 2 N–H and O–H groups in total. The van der Waals surface area contributed by atoms with Crippen LogP contribution < -0.4 is 10.2 Å². The molecule has 1 amide bonds. The number of nitrogens with zero attached hydrogens (tertiary/aromatic N) is 3. The summed E-state index contributed by atoms with van der Waals surface area (Å²) in [6.07, 6.45) is 4.21. The number of benzene rings is 1. The van der Waals surface area contributed by atoms with Gasteiger partial charge in [0, 0.05) is 62.5 Å². The fourth-order valence-corrected chi connectivity index (χ4v) is 4.06. The lowest BCUT2D eigenvalue weighted by Crippen LogP contribution is -2.47. The Bertz CT molecular complexity index is 794. The van der Waals surface area contributed by atoms with Crippen LogP contribution in [0.5, 0.6) is 0 Å². The van der Waals surface area contributed by atoms with Crippen LogP contribution in [0.2, 0.25) is 0 Å². The van der Waals surface area contributed by atoms with E-state index in [0.29, 0.717) is 5.69 Å². The molecule has 1 saturated heterocycles. The van der Waals surface area contributed by atoms with E-state index >= 15 is 0 Å². The number of hydrogen-bond acceptors (Lipinski definition) is 5. The Kier molecular flexibility index (Phi) is 5.92. The van der Waals surface area contributed by atoms with E-state index in [-0.39, 0.29) is 5.91 Å². The zero-order valence-electron chi connectivity index (χ0n) is 16.5. The van der Waals surface area contributed by atoms with E-state index < -0.39 is 0 Å². The van der Waals surface area contributed by atoms with Crippen molar-refractivity contribution < 1.29 is 9.53 Å². The van der Waals surface area contributed by atoms with Gasteiger partial charge in [-0.3, -0.25) is 14.8 Å². The van der Waals surface area contributed by atoms with Gasteiger partial charge in [0.05, 0.1) is 6.61 Å². The summed E-state index contributed by atoms with van der Waals surface area (Å²) < 4.78 is 5.16. The molecule has 0 radical (unpaired) electrons. The zero-order chi connectivity index (χ0) is 19.3. The number of anilines is 2. The smallest absolute Gasteiger partial charge is 0.276 e. The van der Waals surface area contributed by atoms with Gasteiger partial charge >= 0.3 is 0 Å². The third kappa shape index (κ3) is 4.20. The van der Waals surface area contributed by atoms with Crippen LogP contribution in [0, 0.1) is 0 Å². The second-order valence-electron chi connectivity index (χ2n) is 7.56. The maximum atomic E-state index is 12.6. The van der Waals surface area contributed by atoms with Crippen molar-refractivity contribution in [3.63, 3.8) is 0 Å². The molecule has 28 heavy (non-hydrogen) atoms. The third-order valence-electron chi connectivity index (χ3n) is 5.75. The Labute approximate surface area is 166 Å². The minimum atomic E-state index is -0.126. The van der Waals surface area contributed by atoms with E-state index in [9.17, 15) is 4.79 Å². The van der Waals surface area contributed by atoms with Crippen molar-refractivity contribution in [1.29, 1.82) is 0 Å². The SMILES string of the molecule is COCCN1CCN(c2ccc(NC(=O)c3n[nH]c4c3CCCC4)cc2)CC1. The number of piperazine rings is 1. The molecular formula is C21H29N5O2. The number of nitrogens with one attached hydrogen (secondary N) is 2. The highest BCUT2D eigenvalue weighted by Gasteiger charge is 2.22. The van der Waals surface area contributed by atoms with Crippen molar-refractivity contribution in [2.75, 3.05) is 56.7 Å². The number of amides is 1. The van der Waals surface area contributed by atoms with Gasteiger partial charge in [-0.2, -0.15) is 5.10 Å². The molecular weight excluding hydrogens is 354 g/mol. The summed E-state index contributed by atoms with van der Waals surface area (Å²) >= 11 is 0. The standard InChI is InChI=1S/C21H29N5O2/c1-28-15-14-25-10-12-26(13-11-25)17-8-6-16(7-9-17)22-21(27)20-18-4-2-3-5-19(18)23-24-20/h6-9H,2-5,10-15H2,1H3,(H,22,27)(H,23,24). The summed E-state index contributed by atoms with van der Waals surface area (Å²) in [6.45, 7) is 5.89. The van der Waals surface area contributed by atoms with Gasteiger partial charge in [0.2, 0.25) is 0 Å². The summed E-state index contributed by atoms with van der Waals surface area (Å²) in [5.74, 6) is -0.126. The predicted octanol–water partition coefficient (Wildman–Crippen LogP) is 2.31. The molecule has 7 heteroatoms. The third-order valence-corrected chi connectivity index (χ3v) is 5.75. The van der Waals surface area contributed by atoms with Crippen molar-refractivity contribution in [3.8, 4) is 0 Å². The van der Waals surface area contributed by atoms with E-state index in [1.807, 2.05) is 12.1 Å². The summed E-state index contributed by atoms with van der Waals surface area (Å²) in [5, 5.41) is 10.3. The van der Waals surface area contributed by atoms with Crippen molar-refractivity contribution in [2.24, 2.45) is 0 Å². The summed E-state index contributed by atoms with van der Waals surface area (Å²) in [7, 11) is 1.75. The summed E-state index contributed by atoms with van der Waals surface area (Å²) in [5.41, 5.74) is 4.76. The van der Waals surface area contributed by atoms with Crippen molar-refractivity contribution in [1.82, 2.24) is 15.1 Å². The predicted molar refractivity (Wildman–Crippen MR) is 110 cm³/mol. The van der Waals surface area contributed by atoms with Gasteiger partial charge in [-0.05, 0) is 49.9 Å². The van der Waals surface area contributed by atoms with Crippen molar-refractivity contribution in [3.05, 3.63) is 41.2 Å². The molecule has 1 aliphatic carbocycles. The molecule has 1 fully saturated rings. The van der Waals surface area contributed by atoms with Crippen LogP contribution in [-0.4, -0.2) is 67.4 Å². The molecule has 1 aromatic heterocycles. The number of ether oxygens (including phenoxy) is 1. The Balaban J connectivity index is 1.34. The minimum Gasteiger partial charge on any atom is -0.383 e. The van der Waals surface area contributed by atoms with Crippen LogP contribution in [0.4, 0.5) is 11.4 Å². The van der Waals surface area contributed by atoms with E-state index in [2.05, 4.69) is 37.4 Å². The van der Waals surface area contributed by atoms with E-state index in [0.717, 1.165) is 75.5 Å². The van der Waals surface area contributed by atoms with Crippen LogP contribution in [0.25, 0.3) is 0 Å². The number of fused-ring (bicyclic) bond motifs is 1. The topological polar surface area (TPSA) is 73.5 Å². The fourth-order valence-electron chi connectivity index (χ4n) is 4.06. The van der Waals surface area contributed by atoms with E-state index in [4.69, 9.17) is 4.74 Å². The number of aryl methyl sites for hydroxylation is 1. The number of aromatic nitrogens is 2. The second-order valence-corrected chi connectivity index (χ2v) is 7.56. The van der Waals surface area contributed by atoms with Crippen LogP contribution in [-0.2, 0) is 17.6 Å². The number of methoxy groups -OCH3 is 1. The molecule has 1 aromatic carbocycles. The number of hydrogen-bond donors (Lipinski definition) is 2. The molecule has 0 unspecified atom stereocenters. The summed E-state index contributed by atoms with van der Waals surface area (Å²) in [6, 6.07) is 8.12. The second kappa shape index (κ2) is 8.75. The Morgan fingerprint density at radius 2 is 1.89 bits per heavy atom. The largest absolute Gasteiger partial charge is 0.383 e. The number of carbonyl (C=O) groups is 1. The van der Waals surface area contributed by atoms with Gasteiger partial charge in [-0.25, -0.2) is 0 Å². The molecule has 7 nitrogen and oxygen atoms in total. The quantitative estimate of drug-likeness (QED) is 0.801. The van der Waals surface area contributed by atoms with Gasteiger partial charge in [-0.1, -0.05) is 0 Å². The van der Waals surface area contributed by atoms with Crippen LogP contribution >= 0.6 is 0 Å². The first-order valence-electron chi connectivity index (χ1n) is 10.2. The lowest BCUT2D eigenvalue weighted by molar-refractivity contribution is 0.102. The fraction of sp³-hybridized carbons (Fsp3) is 0.524. The van der Waals surface area contributed by atoms with Crippen LogP contribution in [0.15, 0.2) is 24.3 Å². The first kappa shape index (κ1) is 19.0. The van der Waals surface area contributed by atoms with Crippen molar-refractivity contribution in [2.45, 2.75) is 25.7 Å². The zero-order valence-corrected chi connectivity index (χ0v) is 16.5. The first-order chi connectivity index (χ1) is 13.7. The molecule has 1 aliphatic heterocycles. The summed E-state index contributed by atoms with van der Waals surface area (Å²) in [4.78, 5) is 17.5. The molecule has 150 valence electrons. The monoisotopic (exact) mass is 383 g/mol. The van der Waals surface area contributed by atoms with Gasteiger partial charge in [0.15, 0.2) is 5.69 Å². The van der Waals surface area contributed by atoms with E-state index in [1.54, 1.807) is 7.11 Å². The molecule has 0 spiro atoms. The number of carbonyl (C=O) groups excluding carboxylic acids is 1. The van der Waals surface area contributed by atoms with Gasteiger partial charge in [0.25, 0.3) is 5.91 Å². The maximum absolute atomic E-state index is 12.6. The number of aromatic amines is 1. The van der Waals surface area contributed by atoms with Crippen molar-refractivity contribution >= 4 is 17.3 Å². The molecule has 2 heterocycles. The van der Waals surface area contributed by atoms with Gasteiger partial charge in [0.1, 0.15) is 0 Å².